The van der Waals surface area contributed by atoms with Gasteiger partial charge in [0.15, 0.2) is 6.30 Å². The number of urea groups is 1. The molecule has 0 aromatic carbocycles. The van der Waals surface area contributed by atoms with E-state index in [0.29, 0.717) is 0 Å². The third kappa shape index (κ3) is 6.95. The summed E-state index contributed by atoms with van der Waals surface area (Å²) in [5.74, 6) is 0. The Morgan fingerprint density at radius 3 is 2.36 bits per heavy atom. The number of nitrogens with one attached hydrogen (secondary N) is 2. The van der Waals surface area contributed by atoms with E-state index < -0.39 is 25.3 Å². The summed E-state index contributed by atoms with van der Waals surface area (Å²) in [5.41, 5.74) is 0. The SMILES string of the molecule is CC(F)NC(=O)NCC(F)F. The molecule has 0 bridgehead atoms. The van der Waals surface area contributed by atoms with Crippen LogP contribution < -0.4 is 10.6 Å². The quantitative estimate of drug-likeness (QED) is 0.606. The molecule has 0 aliphatic rings. The van der Waals surface area contributed by atoms with Gasteiger partial charge in [0.1, 0.15) is 0 Å². The summed E-state index contributed by atoms with van der Waals surface area (Å²) in [7, 11) is 0. The van der Waals surface area contributed by atoms with Crippen LogP contribution in [0.5, 0.6) is 0 Å². The molecule has 11 heavy (non-hydrogen) atoms. The van der Waals surface area contributed by atoms with E-state index in [4.69, 9.17) is 0 Å². The first-order valence-electron chi connectivity index (χ1n) is 2.99. The smallest absolute Gasteiger partial charge is 0.317 e. The van der Waals surface area contributed by atoms with Crippen molar-refractivity contribution < 1.29 is 18.0 Å². The minimum absolute atomic E-state index is 0.765. The van der Waals surface area contributed by atoms with Gasteiger partial charge in [-0.05, 0) is 6.92 Å². The Labute approximate surface area is 62.0 Å². The van der Waals surface area contributed by atoms with Crippen molar-refractivity contribution >= 4 is 6.03 Å². The predicted octanol–water partition coefficient (Wildman–Crippen LogP) is 0.866. The lowest BCUT2D eigenvalue weighted by atomic mass is 10.6. The minimum atomic E-state index is -2.62. The van der Waals surface area contributed by atoms with Crippen LogP contribution in [0.15, 0.2) is 0 Å². The molecular formula is C5H9F3N2O. The Balaban J connectivity index is 3.38. The summed E-state index contributed by atoms with van der Waals surface area (Å²) in [6.45, 7) is 0.320. The van der Waals surface area contributed by atoms with Crippen LogP contribution in [0, 0.1) is 0 Å². The number of hydrogen-bond acceptors (Lipinski definition) is 1. The lowest BCUT2D eigenvalue weighted by Gasteiger charge is -2.06. The zero-order chi connectivity index (χ0) is 8.85. The highest BCUT2D eigenvalue weighted by molar-refractivity contribution is 5.73. The summed E-state index contributed by atoms with van der Waals surface area (Å²) in [6, 6.07) is -0.930. The van der Waals surface area contributed by atoms with Gasteiger partial charge in [-0.3, -0.25) is 0 Å². The van der Waals surface area contributed by atoms with Gasteiger partial charge in [-0.1, -0.05) is 0 Å². The molecule has 2 N–H and O–H groups in total. The topological polar surface area (TPSA) is 41.1 Å². The minimum Gasteiger partial charge on any atom is -0.332 e. The first kappa shape index (κ1) is 10.1. The fourth-order valence-corrected chi connectivity index (χ4v) is 0.402. The van der Waals surface area contributed by atoms with Gasteiger partial charge in [0, 0.05) is 0 Å². The Kier molecular flexibility index (Phi) is 4.40. The molecule has 6 heteroatoms. The van der Waals surface area contributed by atoms with Crippen LogP contribution in [-0.4, -0.2) is 25.3 Å². The lowest BCUT2D eigenvalue weighted by Crippen LogP contribution is -2.40. The second-order valence-corrected chi connectivity index (χ2v) is 1.86. The summed E-state index contributed by atoms with van der Waals surface area (Å²) < 4.78 is 34.7. The lowest BCUT2D eigenvalue weighted by molar-refractivity contribution is 0.144. The molecule has 0 radical (unpaired) electrons. The molecule has 0 rings (SSSR count). The molecule has 66 valence electrons. The van der Waals surface area contributed by atoms with Crippen molar-refractivity contribution in [3.63, 3.8) is 0 Å². The fourth-order valence-electron chi connectivity index (χ4n) is 0.402. The van der Waals surface area contributed by atoms with Crippen molar-refractivity contribution in [2.24, 2.45) is 0 Å². The van der Waals surface area contributed by atoms with E-state index in [1.165, 1.54) is 0 Å². The number of halogens is 3. The molecule has 0 aliphatic carbocycles. The number of carbonyl (C=O) groups is 1. The zero-order valence-electron chi connectivity index (χ0n) is 5.90. The van der Waals surface area contributed by atoms with Crippen molar-refractivity contribution in [2.45, 2.75) is 19.6 Å². The maximum absolute atomic E-state index is 11.9. The van der Waals surface area contributed by atoms with Gasteiger partial charge in [0.05, 0.1) is 6.54 Å². The first-order valence-corrected chi connectivity index (χ1v) is 2.99. The van der Waals surface area contributed by atoms with Crippen LogP contribution in [0.4, 0.5) is 18.0 Å². The summed E-state index contributed by atoms with van der Waals surface area (Å²) in [4.78, 5) is 10.4. The summed E-state index contributed by atoms with van der Waals surface area (Å²) >= 11 is 0. The summed E-state index contributed by atoms with van der Waals surface area (Å²) in [6.07, 6.45) is -4.15. The number of carbonyl (C=O) groups excluding carboxylic acids is 1. The molecule has 0 heterocycles. The number of alkyl halides is 3. The third-order valence-corrected chi connectivity index (χ3v) is 0.747. The average molecular weight is 170 g/mol. The van der Waals surface area contributed by atoms with Crippen molar-refractivity contribution in [3.8, 4) is 0 Å². The van der Waals surface area contributed by atoms with Crippen molar-refractivity contribution in [1.29, 1.82) is 0 Å². The first-order chi connectivity index (χ1) is 5.02. The fraction of sp³-hybridized carbons (Fsp3) is 0.800. The highest BCUT2D eigenvalue weighted by Gasteiger charge is 2.07. The molecule has 0 spiro atoms. The van der Waals surface area contributed by atoms with Crippen LogP contribution >= 0.6 is 0 Å². The molecular weight excluding hydrogens is 161 g/mol. The van der Waals surface area contributed by atoms with Gasteiger partial charge in [0.25, 0.3) is 6.43 Å². The van der Waals surface area contributed by atoms with E-state index in [1.807, 2.05) is 0 Å². The van der Waals surface area contributed by atoms with Crippen LogP contribution in [0.1, 0.15) is 6.92 Å². The van der Waals surface area contributed by atoms with Gasteiger partial charge in [-0.2, -0.15) is 0 Å². The van der Waals surface area contributed by atoms with Crippen molar-refractivity contribution in [1.82, 2.24) is 10.6 Å². The highest BCUT2D eigenvalue weighted by atomic mass is 19.3. The maximum Gasteiger partial charge on any atom is 0.317 e. The van der Waals surface area contributed by atoms with E-state index in [0.717, 1.165) is 6.92 Å². The third-order valence-electron chi connectivity index (χ3n) is 0.747. The van der Waals surface area contributed by atoms with E-state index in [-0.39, 0.29) is 0 Å². The normalized spacial score (nSPS) is 12.8. The van der Waals surface area contributed by atoms with Gasteiger partial charge >= 0.3 is 6.03 Å². The van der Waals surface area contributed by atoms with E-state index in [1.54, 1.807) is 10.6 Å². The van der Waals surface area contributed by atoms with Crippen molar-refractivity contribution in [2.75, 3.05) is 6.54 Å². The van der Waals surface area contributed by atoms with Gasteiger partial charge in [0.2, 0.25) is 0 Å². The Morgan fingerprint density at radius 1 is 1.45 bits per heavy atom. The largest absolute Gasteiger partial charge is 0.332 e. The molecule has 0 saturated carbocycles. The maximum atomic E-state index is 11.9. The standard InChI is InChI=1S/C5H9F3N2O/c1-3(6)10-5(11)9-2-4(7)8/h3-4H,2H2,1H3,(H2,9,10,11). The molecule has 1 unspecified atom stereocenters. The van der Waals surface area contributed by atoms with Gasteiger partial charge in [-0.15, -0.1) is 0 Å². The van der Waals surface area contributed by atoms with Crippen LogP contribution in [0.2, 0.25) is 0 Å². The number of amides is 2. The molecule has 1 atom stereocenters. The van der Waals surface area contributed by atoms with E-state index >= 15 is 0 Å². The summed E-state index contributed by atoms with van der Waals surface area (Å²) in [5, 5.41) is 3.52. The van der Waals surface area contributed by atoms with Crippen LogP contribution in [0.3, 0.4) is 0 Å². The van der Waals surface area contributed by atoms with Crippen LogP contribution in [-0.2, 0) is 0 Å². The van der Waals surface area contributed by atoms with Gasteiger partial charge in [-0.25, -0.2) is 18.0 Å². The molecule has 0 aliphatic heterocycles. The molecule has 0 aromatic heterocycles. The van der Waals surface area contributed by atoms with E-state index in [9.17, 15) is 18.0 Å². The molecule has 0 aromatic rings. The second-order valence-electron chi connectivity index (χ2n) is 1.86. The molecule has 0 saturated heterocycles. The highest BCUT2D eigenvalue weighted by Crippen LogP contribution is 1.87. The van der Waals surface area contributed by atoms with Crippen molar-refractivity contribution in [3.05, 3.63) is 0 Å². The Hall–Kier alpha value is -0.940. The molecule has 0 fully saturated rings. The Morgan fingerprint density at radius 2 is 2.00 bits per heavy atom. The second kappa shape index (κ2) is 4.81. The monoisotopic (exact) mass is 170 g/mol. The molecule has 3 nitrogen and oxygen atoms in total. The predicted molar refractivity (Wildman–Crippen MR) is 33.1 cm³/mol. The van der Waals surface area contributed by atoms with Gasteiger partial charge < -0.3 is 10.6 Å². The Bertz CT molecular complexity index is 129. The number of hydrogen-bond donors (Lipinski definition) is 2. The molecule has 2 amide bonds. The van der Waals surface area contributed by atoms with Crippen LogP contribution in [0.25, 0.3) is 0 Å². The zero-order valence-corrected chi connectivity index (χ0v) is 5.90. The number of rotatable bonds is 3. The average Bonchev–Trinajstić information content (AvgIpc) is 1.82. The van der Waals surface area contributed by atoms with E-state index in [2.05, 4.69) is 0 Å².